The zero-order chi connectivity index (χ0) is 23.8. The lowest BCUT2D eigenvalue weighted by molar-refractivity contribution is -0.274. The van der Waals surface area contributed by atoms with E-state index in [4.69, 9.17) is 9.47 Å². The molecule has 2 heterocycles. The van der Waals surface area contributed by atoms with E-state index >= 15 is 0 Å². The summed E-state index contributed by atoms with van der Waals surface area (Å²) in [5, 5.41) is 30.4. The Balaban J connectivity index is 1.67. The fraction of sp³-hybridized carbons (Fsp3) is 0.500. The number of hydrogen-bond donors (Lipinski definition) is 3. The Hall–Kier alpha value is -2.33. The third-order valence-electron chi connectivity index (χ3n) is 6.28. The number of aryl methyl sites for hydroxylation is 1. The molecule has 3 N–H and O–H groups in total. The van der Waals surface area contributed by atoms with E-state index in [1.165, 1.54) is 18.2 Å². The van der Waals surface area contributed by atoms with Crippen molar-refractivity contribution in [2.75, 3.05) is 13.2 Å². The minimum absolute atomic E-state index is 0.164. The van der Waals surface area contributed by atoms with Crippen molar-refractivity contribution in [2.24, 2.45) is 5.92 Å². The van der Waals surface area contributed by atoms with E-state index in [1.54, 1.807) is 13.0 Å². The molecule has 0 amide bonds. The van der Waals surface area contributed by atoms with Crippen LogP contribution in [0.4, 0.5) is 13.2 Å². The van der Waals surface area contributed by atoms with Gasteiger partial charge in [-0.25, -0.2) is 0 Å². The van der Waals surface area contributed by atoms with Gasteiger partial charge >= 0.3 is 6.36 Å². The molecule has 4 rings (SSSR count). The molecule has 9 heteroatoms. The fourth-order valence-electron chi connectivity index (χ4n) is 4.47. The first-order valence-corrected chi connectivity index (χ1v) is 10.9. The summed E-state index contributed by atoms with van der Waals surface area (Å²) in [6, 6.07) is 9.67. The van der Waals surface area contributed by atoms with Crippen LogP contribution in [-0.4, -0.2) is 53.2 Å². The topological polar surface area (TPSA) is 88.4 Å². The van der Waals surface area contributed by atoms with Crippen LogP contribution in [0.25, 0.3) is 0 Å². The molecule has 0 spiro atoms. The number of benzene rings is 2. The van der Waals surface area contributed by atoms with Crippen LogP contribution >= 0.6 is 0 Å². The van der Waals surface area contributed by atoms with Crippen LogP contribution in [0, 0.1) is 5.92 Å². The lowest BCUT2D eigenvalue weighted by Crippen LogP contribution is -2.50. The quantitative estimate of drug-likeness (QED) is 0.624. The summed E-state index contributed by atoms with van der Waals surface area (Å²) in [5.41, 5.74) is 2.51. The largest absolute Gasteiger partial charge is 0.573 e. The zero-order valence-electron chi connectivity index (χ0n) is 18.1. The average Bonchev–Trinajstić information content (AvgIpc) is 2.78. The average molecular weight is 468 g/mol. The molecule has 180 valence electrons. The molecule has 0 unspecified atom stereocenters. The second-order valence-electron chi connectivity index (χ2n) is 8.60. The lowest BCUT2D eigenvalue weighted by Gasteiger charge is -2.41. The Morgan fingerprint density at radius 3 is 2.61 bits per heavy atom. The van der Waals surface area contributed by atoms with E-state index in [-0.39, 0.29) is 17.7 Å². The number of alkyl halides is 3. The fourth-order valence-corrected chi connectivity index (χ4v) is 4.47. The monoisotopic (exact) mass is 468 g/mol. The number of fused-ring (bicyclic) bond motifs is 1. The van der Waals surface area contributed by atoms with Gasteiger partial charge in [-0.05, 0) is 53.3 Å². The van der Waals surface area contributed by atoms with Crippen LogP contribution < -0.4 is 9.47 Å². The van der Waals surface area contributed by atoms with E-state index < -0.39 is 43.3 Å². The third kappa shape index (κ3) is 5.27. The number of halogens is 3. The molecule has 0 aliphatic carbocycles. The maximum atomic E-state index is 13.0. The summed E-state index contributed by atoms with van der Waals surface area (Å²) >= 11 is 0. The summed E-state index contributed by atoms with van der Waals surface area (Å²) < 4.78 is 54.7. The maximum absolute atomic E-state index is 13.0. The van der Waals surface area contributed by atoms with Gasteiger partial charge in [0.2, 0.25) is 0 Å². The van der Waals surface area contributed by atoms with Crippen LogP contribution in [0.1, 0.15) is 41.7 Å². The van der Waals surface area contributed by atoms with Crippen LogP contribution in [0.3, 0.4) is 0 Å². The second-order valence-corrected chi connectivity index (χ2v) is 8.60. The molecule has 2 aromatic rings. The van der Waals surface area contributed by atoms with Crippen molar-refractivity contribution in [3.8, 4) is 11.5 Å². The molecule has 0 saturated carbocycles. The number of rotatable bonds is 5. The highest BCUT2D eigenvalue weighted by Gasteiger charge is 2.42. The molecule has 0 bridgehead atoms. The van der Waals surface area contributed by atoms with Crippen LogP contribution in [0.2, 0.25) is 0 Å². The highest BCUT2D eigenvalue weighted by molar-refractivity contribution is 5.45. The van der Waals surface area contributed by atoms with Gasteiger partial charge < -0.3 is 29.5 Å². The molecular formula is C24H27F3O6. The first kappa shape index (κ1) is 23.8. The maximum Gasteiger partial charge on any atom is 0.573 e. The Morgan fingerprint density at radius 1 is 1.09 bits per heavy atom. The zero-order valence-corrected chi connectivity index (χ0v) is 18.1. The first-order chi connectivity index (χ1) is 15.7. The molecule has 0 radical (unpaired) electrons. The molecule has 1 fully saturated rings. The Labute approximate surface area is 189 Å². The normalized spacial score (nSPS) is 27.5. The molecule has 6 nitrogen and oxygen atoms in total. The van der Waals surface area contributed by atoms with Crippen molar-refractivity contribution in [3.63, 3.8) is 0 Å². The van der Waals surface area contributed by atoms with Gasteiger partial charge in [-0.15, -0.1) is 13.2 Å². The van der Waals surface area contributed by atoms with Crippen molar-refractivity contribution in [1.29, 1.82) is 0 Å². The highest BCUT2D eigenvalue weighted by Crippen LogP contribution is 2.38. The predicted molar refractivity (Wildman–Crippen MR) is 112 cm³/mol. The summed E-state index contributed by atoms with van der Waals surface area (Å²) in [6.45, 7) is 1.82. The van der Waals surface area contributed by atoms with Crippen molar-refractivity contribution in [3.05, 3.63) is 58.7 Å². The molecule has 2 aliphatic rings. The van der Waals surface area contributed by atoms with E-state index in [0.717, 1.165) is 29.7 Å². The van der Waals surface area contributed by atoms with Gasteiger partial charge in [-0.2, -0.15) is 0 Å². The molecule has 5 atom stereocenters. The van der Waals surface area contributed by atoms with Crippen LogP contribution in [0.5, 0.6) is 11.5 Å². The van der Waals surface area contributed by atoms with Crippen molar-refractivity contribution >= 4 is 0 Å². The molecule has 1 saturated heterocycles. The van der Waals surface area contributed by atoms with Gasteiger partial charge in [-0.3, -0.25) is 0 Å². The SMILES string of the molecule is C[C@@H]1[C@@H](O)[C@H](c2ccc(OC(F)(F)F)c(Cc3ccc4c(c3)CCCO4)c2)O[C@H](CO)[C@H]1O. The summed E-state index contributed by atoms with van der Waals surface area (Å²) in [4.78, 5) is 0. The second kappa shape index (κ2) is 9.50. The Kier molecular flexibility index (Phi) is 6.86. The molecule has 33 heavy (non-hydrogen) atoms. The number of aliphatic hydroxyl groups excluding tert-OH is 3. The minimum Gasteiger partial charge on any atom is -0.493 e. The minimum atomic E-state index is -4.86. The summed E-state index contributed by atoms with van der Waals surface area (Å²) in [6.07, 6.45) is -6.99. The van der Waals surface area contributed by atoms with Gasteiger partial charge in [0, 0.05) is 12.3 Å². The van der Waals surface area contributed by atoms with Crippen molar-refractivity contribution < 1.29 is 42.7 Å². The molecular weight excluding hydrogens is 441 g/mol. The van der Waals surface area contributed by atoms with Gasteiger partial charge in [-0.1, -0.05) is 25.1 Å². The number of ether oxygens (including phenoxy) is 3. The lowest BCUT2D eigenvalue weighted by atomic mass is 9.84. The smallest absolute Gasteiger partial charge is 0.493 e. The third-order valence-corrected chi connectivity index (χ3v) is 6.28. The highest BCUT2D eigenvalue weighted by atomic mass is 19.4. The Morgan fingerprint density at radius 2 is 1.88 bits per heavy atom. The van der Waals surface area contributed by atoms with Gasteiger partial charge in [0.05, 0.1) is 25.4 Å². The van der Waals surface area contributed by atoms with E-state index in [1.807, 2.05) is 12.1 Å². The first-order valence-electron chi connectivity index (χ1n) is 10.9. The van der Waals surface area contributed by atoms with E-state index in [9.17, 15) is 28.5 Å². The Bertz CT molecular complexity index is 977. The van der Waals surface area contributed by atoms with Gasteiger partial charge in [0.25, 0.3) is 0 Å². The number of aliphatic hydroxyl groups is 3. The van der Waals surface area contributed by atoms with E-state index in [2.05, 4.69) is 4.74 Å². The van der Waals surface area contributed by atoms with Crippen LogP contribution in [0.15, 0.2) is 36.4 Å². The standard InChI is InChI=1S/C24H27F3O6/c1-13-21(29)20(12-28)32-23(22(13)30)16-5-7-19(33-24(25,26)27)17(11-16)10-14-4-6-18-15(9-14)3-2-8-31-18/h4-7,9,11,13,20-23,28-30H,2-3,8,10,12H2,1H3/t13-,20+,21-,22+,23-/m0/s1. The summed E-state index contributed by atoms with van der Waals surface area (Å²) in [7, 11) is 0. The number of hydrogen-bond acceptors (Lipinski definition) is 6. The predicted octanol–water partition coefficient (Wildman–Crippen LogP) is 3.29. The molecule has 2 aromatic carbocycles. The summed E-state index contributed by atoms with van der Waals surface area (Å²) in [5.74, 6) is -0.153. The van der Waals surface area contributed by atoms with E-state index in [0.29, 0.717) is 12.2 Å². The van der Waals surface area contributed by atoms with Crippen LogP contribution in [-0.2, 0) is 17.6 Å². The van der Waals surface area contributed by atoms with Gasteiger partial charge in [0.15, 0.2) is 0 Å². The van der Waals surface area contributed by atoms with Crippen molar-refractivity contribution in [2.45, 2.75) is 57.0 Å². The van der Waals surface area contributed by atoms with Crippen molar-refractivity contribution in [1.82, 2.24) is 0 Å². The van der Waals surface area contributed by atoms with Gasteiger partial charge in [0.1, 0.15) is 23.7 Å². The molecule has 0 aromatic heterocycles. The molecule has 2 aliphatic heterocycles.